The number of amides is 1. The van der Waals surface area contributed by atoms with Gasteiger partial charge >= 0.3 is 0 Å². The Hall–Kier alpha value is -1.04. The van der Waals surface area contributed by atoms with Crippen LogP contribution >= 0.6 is 11.6 Å². The van der Waals surface area contributed by atoms with E-state index >= 15 is 0 Å². The second-order valence-corrected chi connectivity index (χ2v) is 12.1. The van der Waals surface area contributed by atoms with Crippen molar-refractivity contribution < 1.29 is 14.0 Å². The number of carbonyl (C=O) groups is 1. The van der Waals surface area contributed by atoms with Gasteiger partial charge in [0.25, 0.3) is 5.91 Å². The minimum absolute atomic E-state index is 0.198. The number of benzene rings is 1. The monoisotopic (exact) mass is 343 g/mol. The molecule has 0 atom stereocenters. The Bertz CT molecular complexity index is 527. The van der Waals surface area contributed by atoms with Crippen LogP contribution in [0.25, 0.3) is 0 Å². The fourth-order valence-corrected chi connectivity index (χ4v) is 2.87. The molecular formula is C16H26ClNO3Si. The number of hydrogen-bond donors (Lipinski definition) is 1. The second-order valence-electron chi connectivity index (χ2n) is 6.82. The summed E-state index contributed by atoms with van der Waals surface area (Å²) >= 11 is 5.86. The topological polar surface area (TPSA) is 61.6 Å². The zero-order valence-corrected chi connectivity index (χ0v) is 15.8. The number of halogens is 1. The number of rotatable bonds is 7. The summed E-state index contributed by atoms with van der Waals surface area (Å²) in [4.78, 5) is 11.4. The Labute approximate surface area is 139 Å². The van der Waals surface area contributed by atoms with E-state index in [1.165, 1.54) is 6.07 Å². The first-order valence-electron chi connectivity index (χ1n) is 7.41. The van der Waals surface area contributed by atoms with Crippen LogP contribution in [0.1, 0.15) is 37.6 Å². The molecule has 0 bridgehead atoms. The molecule has 124 valence electrons. The highest BCUT2D eigenvalue weighted by molar-refractivity contribution is 6.74. The van der Waals surface area contributed by atoms with Crippen molar-refractivity contribution in [3.05, 3.63) is 28.8 Å². The van der Waals surface area contributed by atoms with E-state index in [4.69, 9.17) is 26.5 Å². The summed E-state index contributed by atoms with van der Waals surface area (Å²) in [6, 6.07) is 4.86. The first kappa shape index (κ1) is 19.0. The molecule has 0 aliphatic heterocycles. The van der Waals surface area contributed by atoms with Gasteiger partial charge in [0.2, 0.25) is 0 Å². The lowest BCUT2D eigenvalue weighted by atomic mass is 10.2. The predicted molar refractivity (Wildman–Crippen MR) is 93.2 cm³/mol. The molecule has 4 nitrogen and oxygen atoms in total. The molecule has 2 N–H and O–H groups in total. The van der Waals surface area contributed by atoms with Crippen molar-refractivity contribution in [3.8, 4) is 5.75 Å². The SMILES string of the molecule is CC(C)(C)[Si](C)(C)OCCCOc1ccc(Cl)cc1C(N)=O. The van der Waals surface area contributed by atoms with Crippen LogP contribution in [0.4, 0.5) is 0 Å². The third-order valence-electron chi connectivity index (χ3n) is 4.02. The van der Waals surface area contributed by atoms with Gasteiger partial charge in [-0.3, -0.25) is 4.79 Å². The number of primary amides is 1. The van der Waals surface area contributed by atoms with E-state index in [0.717, 1.165) is 6.42 Å². The average molecular weight is 344 g/mol. The maximum atomic E-state index is 11.4. The minimum atomic E-state index is -1.72. The third-order valence-corrected chi connectivity index (χ3v) is 8.80. The Kier molecular flexibility index (Phi) is 6.46. The number of carbonyl (C=O) groups excluding carboxylic acids is 1. The van der Waals surface area contributed by atoms with Gasteiger partial charge in [0.15, 0.2) is 8.32 Å². The summed E-state index contributed by atoms with van der Waals surface area (Å²) in [6.07, 6.45) is 0.757. The van der Waals surface area contributed by atoms with Crippen molar-refractivity contribution >= 4 is 25.8 Å². The van der Waals surface area contributed by atoms with Crippen LogP contribution in [0.2, 0.25) is 23.2 Å². The van der Waals surface area contributed by atoms with Crippen molar-refractivity contribution in [2.24, 2.45) is 5.73 Å². The standard InChI is InChI=1S/C16H26ClNO3Si/c1-16(2,3)22(4,5)21-10-6-9-20-14-8-7-12(17)11-13(14)15(18)19/h7-8,11H,6,9-10H2,1-5H3,(H2,18,19). The van der Waals surface area contributed by atoms with E-state index in [2.05, 4.69) is 33.9 Å². The zero-order valence-electron chi connectivity index (χ0n) is 14.0. The fraction of sp³-hybridized carbons (Fsp3) is 0.562. The van der Waals surface area contributed by atoms with Crippen LogP contribution in [0, 0.1) is 0 Å². The lowest BCUT2D eigenvalue weighted by molar-refractivity contribution is 0.0996. The van der Waals surface area contributed by atoms with Crippen molar-refractivity contribution in [2.45, 2.75) is 45.3 Å². The molecule has 0 heterocycles. The molecule has 0 saturated heterocycles. The van der Waals surface area contributed by atoms with Gasteiger partial charge in [0.1, 0.15) is 5.75 Å². The van der Waals surface area contributed by atoms with E-state index in [1.54, 1.807) is 12.1 Å². The Morgan fingerprint density at radius 2 is 1.91 bits per heavy atom. The third kappa shape index (κ3) is 5.30. The van der Waals surface area contributed by atoms with Gasteiger partial charge in [-0.2, -0.15) is 0 Å². The fourth-order valence-electron chi connectivity index (χ4n) is 1.61. The quantitative estimate of drug-likeness (QED) is 0.595. The molecule has 1 aromatic rings. The summed E-state index contributed by atoms with van der Waals surface area (Å²) < 4.78 is 11.7. The molecule has 1 amide bonds. The van der Waals surface area contributed by atoms with Gasteiger partial charge in [-0.25, -0.2) is 0 Å². The summed E-state index contributed by atoms with van der Waals surface area (Å²) in [5.74, 6) is -0.0840. The molecule has 0 spiro atoms. The highest BCUT2D eigenvalue weighted by Gasteiger charge is 2.36. The maximum absolute atomic E-state index is 11.4. The Morgan fingerprint density at radius 3 is 2.45 bits per heavy atom. The lowest BCUT2D eigenvalue weighted by Gasteiger charge is -2.36. The molecule has 1 rings (SSSR count). The number of hydrogen-bond acceptors (Lipinski definition) is 3. The highest BCUT2D eigenvalue weighted by atomic mass is 35.5. The van der Waals surface area contributed by atoms with Crippen molar-refractivity contribution in [2.75, 3.05) is 13.2 Å². The second kappa shape index (κ2) is 7.48. The van der Waals surface area contributed by atoms with E-state index in [0.29, 0.717) is 29.5 Å². The highest BCUT2D eigenvalue weighted by Crippen LogP contribution is 2.36. The normalized spacial score (nSPS) is 12.3. The minimum Gasteiger partial charge on any atom is -0.493 e. The molecule has 0 aliphatic carbocycles. The van der Waals surface area contributed by atoms with Gasteiger partial charge < -0.3 is 14.9 Å². The average Bonchev–Trinajstić information content (AvgIpc) is 2.38. The van der Waals surface area contributed by atoms with Crippen molar-refractivity contribution in [3.63, 3.8) is 0 Å². The maximum Gasteiger partial charge on any atom is 0.252 e. The van der Waals surface area contributed by atoms with Gasteiger partial charge in [0.05, 0.1) is 12.2 Å². The van der Waals surface area contributed by atoms with Gasteiger partial charge in [-0.15, -0.1) is 0 Å². The molecule has 0 unspecified atom stereocenters. The Morgan fingerprint density at radius 1 is 1.27 bits per heavy atom. The van der Waals surface area contributed by atoms with Crippen LogP contribution in [-0.2, 0) is 4.43 Å². The molecule has 0 aliphatic rings. The summed E-state index contributed by atoms with van der Waals surface area (Å²) in [5.41, 5.74) is 5.63. The number of nitrogens with two attached hydrogens (primary N) is 1. The van der Waals surface area contributed by atoms with Crippen molar-refractivity contribution in [1.82, 2.24) is 0 Å². The lowest BCUT2D eigenvalue weighted by Crippen LogP contribution is -2.41. The van der Waals surface area contributed by atoms with Crippen LogP contribution < -0.4 is 10.5 Å². The van der Waals surface area contributed by atoms with E-state index in [-0.39, 0.29) is 5.04 Å². The van der Waals surface area contributed by atoms with Crippen molar-refractivity contribution in [1.29, 1.82) is 0 Å². The van der Waals surface area contributed by atoms with Crippen LogP contribution in [0.5, 0.6) is 5.75 Å². The Balaban J connectivity index is 2.48. The molecular weight excluding hydrogens is 318 g/mol. The summed E-state index contributed by atoms with van der Waals surface area (Å²) in [7, 11) is -1.72. The first-order valence-corrected chi connectivity index (χ1v) is 10.7. The van der Waals surface area contributed by atoms with E-state index < -0.39 is 14.2 Å². The largest absolute Gasteiger partial charge is 0.493 e. The molecule has 0 radical (unpaired) electrons. The molecule has 1 aromatic carbocycles. The van der Waals surface area contributed by atoms with Crippen LogP contribution in [0.3, 0.4) is 0 Å². The van der Waals surface area contributed by atoms with Crippen LogP contribution in [-0.4, -0.2) is 27.4 Å². The number of ether oxygens (including phenoxy) is 1. The van der Waals surface area contributed by atoms with Crippen LogP contribution in [0.15, 0.2) is 18.2 Å². The molecule has 0 saturated carbocycles. The summed E-state index contributed by atoms with van der Waals surface area (Å²) in [6.45, 7) is 12.2. The summed E-state index contributed by atoms with van der Waals surface area (Å²) in [5, 5.41) is 0.658. The molecule has 6 heteroatoms. The van der Waals surface area contributed by atoms with Gasteiger partial charge in [-0.05, 0) is 36.3 Å². The smallest absolute Gasteiger partial charge is 0.252 e. The predicted octanol–water partition coefficient (Wildman–Crippen LogP) is 4.23. The first-order chi connectivity index (χ1) is 10.0. The molecule has 0 fully saturated rings. The molecule has 0 aromatic heterocycles. The zero-order chi connectivity index (χ0) is 17.0. The van der Waals surface area contributed by atoms with E-state index in [1.807, 2.05) is 0 Å². The molecule has 22 heavy (non-hydrogen) atoms. The van der Waals surface area contributed by atoms with Gasteiger partial charge in [0, 0.05) is 18.1 Å². The van der Waals surface area contributed by atoms with Gasteiger partial charge in [-0.1, -0.05) is 32.4 Å². The van der Waals surface area contributed by atoms with E-state index in [9.17, 15) is 4.79 Å².